The van der Waals surface area contributed by atoms with Crippen LogP contribution in [0.5, 0.6) is 0 Å². The van der Waals surface area contributed by atoms with Crippen LogP contribution in [-0.2, 0) is 4.79 Å². The fraction of sp³-hybridized carbons (Fsp3) is 0.769. The van der Waals surface area contributed by atoms with Gasteiger partial charge in [-0.05, 0) is 18.9 Å². The van der Waals surface area contributed by atoms with Crippen LogP contribution >= 0.6 is 0 Å². The zero-order chi connectivity index (χ0) is 12.0. The summed E-state index contributed by atoms with van der Waals surface area (Å²) in [5.74, 6) is -0.100. The van der Waals surface area contributed by atoms with Gasteiger partial charge in [-0.1, -0.05) is 26.2 Å². The topological polar surface area (TPSA) is 57.5 Å². The second-order valence-electron chi connectivity index (χ2n) is 4.60. The largest absolute Gasteiger partial charge is 0.512 e. The van der Waals surface area contributed by atoms with Crippen LogP contribution in [0, 0.1) is 5.92 Å². The third kappa shape index (κ3) is 3.97. The molecule has 0 heterocycles. The monoisotopic (exact) mass is 226 g/mol. The summed E-state index contributed by atoms with van der Waals surface area (Å²) in [5.41, 5.74) is 0. The van der Waals surface area contributed by atoms with Crippen molar-refractivity contribution in [3.05, 3.63) is 11.8 Å². The maximum Gasteiger partial charge on any atom is 0.136 e. The Hall–Kier alpha value is -0.830. The van der Waals surface area contributed by atoms with E-state index in [0.29, 0.717) is 6.42 Å². The molecule has 16 heavy (non-hydrogen) atoms. The second kappa shape index (κ2) is 6.69. The molecular formula is C13H22O3. The Labute approximate surface area is 97.2 Å². The molecule has 3 nitrogen and oxygen atoms in total. The van der Waals surface area contributed by atoms with Crippen LogP contribution in [0.3, 0.4) is 0 Å². The highest BCUT2D eigenvalue weighted by atomic mass is 16.3. The molecule has 2 atom stereocenters. The van der Waals surface area contributed by atoms with Crippen molar-refractivity contribution in [2.75, 3.05) is 0 Å². The number of carbonyl (C=O) groups is 1. The maximum atomic E-state index is 11.1. The number of aliphatic hydroxyl groups excluding tert-OH is 2. The van der Waals surface area contributed by atoms with E-state index >= 15 is 0 Å². The zero-order valence-electron chi connectivity index (χ0n) is 9.98. The number of hydrogen-bond acceptors (Lipinski definition) is 3. The molecule has 3 heteroatoms. The molecular weight excluding hydrogens is 204 g/mol. The number of Topliss-reactive ketones (excluding diaryl/α,β-unsaturated/α-hetero) is 1. The molecule has 2 N–H and O–H groups in total. The van der Waals surface area contributed by atoms with Crippen LogP contribution in [0.15, 0.2) is 11.8 Å². The highest BCUT2D eigenvalue weighted by Gasteiger charge is 2.33. The quantitative estimate of drug-likeness (QED) is 0.541. The Morgan fingerprint density at radius 2 is 2.12 bits per heavy atom. The van der Waals surface area contributed by atoms with Crippen molar-refractivity contribution in [1.29, 1.82) is 0 Å². The number of aliphatic hydroxyl groups is 2. The van der Waals surface area contributed by atoms with Gasteiger partial charge in [0.1, 0.15) is 5.78 Å². The molecule has 92 valence electrons. The predicted octanol–water partition coefficient (Wildman–Crippen LogP) is 2.74. The molecule has 1 saturated carbocycles. The predicted molar refractivity (Wildman–Crippen MR) is 63.2 cm³/mol. The minimum atomic E-state index is -0.681. The van der Waals surface area contributed by atoms with Gasteiger partial charge in [-0.3, -0.25) is 4.79 Å². The minimum Gasteiger partial charge on any atom is -0.512 e. The molecule has 0 aromatic rings. The summed E-state index contributed by atoms with van der Waals surface area (Å²) in [6, 6.07) is 0. The van der Waals surface area contributed by atoms with Gasteiger partial charge in [-0.2, -0.15) is 0 Å². The number of unbranched alkanes of at least 4 members (excludes halogenated alkanes) is 4. The third-order valence-electron chi connectivity index (χ3n) is 3.14. The van der Waals surface area contributed by atoms with Gasteiger partial charge in [0.15, 0.2) is 0 Å². The van der Waals surface area contributed by atoms with Crippen LogP contribution in [0.1, 0.15) is 51.9 Å². The molecule has 0 spiro atoms. The Kier molecular flexibility index (Phi) is 5.53. The minimum absolute atomic E-state index is 0.0448. The molecule has 0 aromatic carbocycles. The van der Waals surface area contributed by atoms with Crippen molar-refractivity contribution >= 4 is 5.78 Å². The van der Waals surface area contributed by atoms with Crippen LogP contribution in [0.4, 0.5) is 0 Å². The Morgan fingerprint density at radius 1 is 1.38 bits per heavy atom. The molecule has 0 aliphatic heterocycles. The number of carbonyl (C=O) groups excluding carboxylic acids is 1. The van der Waals surface area contributed by atoms with Gasteiger partial charge < -0.3 is 10.2 Å². The van der Waals surface area contributed by atoms with E-state index in [1.54, 1.807) is 6.08 Å². The standard InChI is InChI=1S/C13H22O3/c1-2-3-4-5-6-7-12(15)11-8-10(14)9-13(11)16/h7,11,13,15-16H,2-6,8-9H2,1H3/b12-7+/t11-,13+/m1/s1. The summed E-state index contributed by atoms with van der Waals surface area (Å²) >= 11 is 0. The van der Waals surface area contributed by atoms with Crippen LogP contribution < -0.4 is 0 Å². The zero-order valence-corrected chi connectivity index (χ0v) is 9.98. The van der Waals surface area contributed by atoms with Crippen molar-refractivity contribution in [2.24, 2.45) is 5.92 Å². The molecule has 1 aliphatic rings. The molecule has 0 unspecified atom stereocenters. The average molecular weight is 226 g/mol. The lowest BCUT2D eigenvalue weighted by molar-refractivity contribution is -0.117. The van der Waals surface area contributed by atoms with Gasteiger partial charge >= 0.3 is 0 Å². The lowest BCUT2D eigenvalue weighted by Crippen LogP contribution is -2.15. The van der Waals surface area contributed by atoms with Crippen molar-refractivity contribution in [1.82, 2.24) is 0 Å². The normalized spacial score (nSPS) is 26.4. The van der Waals surface area contributed by atoms with E-state index < -0.39 is 6.10 Å². The maximum absolute atomic E-state index is 11.1. The van der Waals surface area contributed by atoms with E-state index in [4.69, 9.17) is 0 Å². The first-order valence-electron chi connectivity index (χ1n) is 6.24. The van der Waals surface area contributed by atoms with Gasteiger partial charge in [0.05, 0.1) is 11.9 Å². The Bertz CT molecular complexity index is 258. The van der Waals surface area contributed by atoms with Crippen molar-refractivity contribution < 1.29 is 15.0 Å². The van der Waals surface area contributed by atoms with Crippen LogP contribution in [0.2, 0.25) is 0 Å². The van der Waals surface area contributed by atoms with Gasteiger partial charge in [0.2, 0.25) is 0 Å². The first kappa shape index (κ1) is 13.2. The van der Waals surface area contributed by atoms with Crippen LogP contribution in [0.25, 0.3) is 0 Å². The molecule has 0 radical (unpaired) electrons. The SMILES string of the molecule is CCCCCC/C=C(/O)[C@H]1CC(=O)C[C@@H]1O. The molecule has 1 rings (SSSR count). The van der Waals surface area contributed by atoms with Crippen LogP contribution in [-0.4, -0.2) is 22.1 Å². The van der Waals surface area contributed by atoms with Crippen molar-refractivity contribution in [3.63, 3.8) is 0 Å². The third-order valence-corrected chi connectivity index (χ3v) is 3.14. The van der Waals surface area contributed by atoms with E-state index in [1.807, 2.05) is 0 Å². The highest BCUT2D eigenvalue weighted by Crippen LogP contribution is 2.28. The van der Waals surface area contributed by atoms with E-state index in [2.05, 4.69) is 6.92 Å². The second-order valence-corrected chi connectivity index (χ2v) is 4.60. The Morgan fingerprint density at radius 3 is 2.69 bits per heavy atom. The van der Waals surface area contributed by atoms with Gasteiger partial charge in [-0.25, -0.2) is 0 Å². The summed E-state index contributed by atoms with van der Waals surface area (Å²) in [7, 11) is 0. The van der Waals surface area contributed by atoms with Crippen molar-refractivity contribution in [3.8, 4) is 0 Å². The van der Waals surface area contributed by atoms with Gasteiger partial charge in [-0.15, -0.1) is 0 Å². The summed E-state index contributed by atoms with van der Waals surface area (Å²) in [4.78, 5) is 11.1. The van der Waals surface area contributed by atoms with Crippen molar-refractivity contribution in [2.45, 2.75) is 58.0 Å². The fourth-order valence-electron chi connectivity index (χ4n) is 2.11. The number of ketones is 1. The van der Waals surface area contributed by atoms with E-state index in [0.717, 1.165) is 12.8 Å². The number of allylic oxidation sites excluding steroid dienone is 1. The van der Waals surface area contributed by atoms with E-state index in [1.165, 1.54) is 19.3 Å². The van der Waals surface area contributed by atoms with E-state index in [9.17, 15) is 15.0 Å². The van der Waals surface area contributed by atoms with Gasteiger partial charge in [0.25, 0.3) is 0 Å². The van der Waals surface area contributed by atoms with Gasteiger partial charge in [0, 0.05) is 18.8 Å². The molecule has 0 amide bonds. The molecule has 1 fully saturated rings. The molecule has 0 bridgehead atoms. The smallest absolute Gasteiger partial charge is 0.136 e. The lowest BCUT2D eigenvalue weighted by Gasteiger charge is -2.12. The molecule has 1 aliphatic carbocycles. The summed E-state index contributed by atoms with van der Waals surface area (Å²) in [6.45, 7) is 2.16. The summed E-state index contributed by atoms with van der Waals surface area (Å²) in [6.07, 6.45) is 7.06. The van der Waals surface area contributed by atoms with E-state index in [-0.39, 0.29) is 23.9 Å². The number of hydrogen-bond donors (Lipinski definition) is 2. The number of rotatable bonds is 6. The summed E-state index contributed by atoms with van der Waals surface area (Å²) in [5, 5.41) is 19.3. The first-order valence-corrected chi connectivity index (χ1v) is 6.24. The molecule has 0 saturated heterocycles. The fourth-order valence-corrected chi connectivity index (χ4v) is 2.11. The lowest BCUT2D eigenvalue weighted by atomic mass is 10.0. The average Bonchev–Trinajstić information content (AvgIpc) is 2.57. The first-order chi connectivity index (χ1) is 7.65. The highest BCUT2D eigenvalue weighted by molar-refractivity contribution is 5.82. The Balaban J connectivity index is 2.30. The summed E-state index contributed by atoms with van der Waals surface area (Å²) < 4.78 is 0. The molecule has 0 aromatic heterocycles.